The lowest BCUT2D eigenvalue weighted by molar-refractivity contribution is 0.0525. The van der Waals surface area contributed by atoms with Crippen molar-refractivity contribution in [1.82, 2.24) is 4.57 Å². The fraction of sp³-hybridized carbons (Fsp3) is 0.318. The molecule has 3 nitrogen and oxygen atoms in total. The number of aryl methyl sites for hydroxylation is 2. The molecule has 128 valence electrons. The Morgan fingerprint density at radius 2 is 1.92 bits per heavy atom. The van der Waals surface area contributed by atoms with E-state index < -0.39 is 0 Å². The summed E-state index contributed by atoms with van der Waals surface area (Å²) in [6.07, 6.45) is 3.41. The van der Waals surface area contributed by atoms with Crippen LogP contribution in [0.1, 0.15) is 46.1 Å². The van der Waals surface area contributed by atoms with Gasteiger partial charge in [-0.15, -0.1) is 0 Å². The van der Waals surface area contributed by atoms with Crippen molar-refractivity contribution in [1.29, 1.82) is 0 Å². The molecule has 0 N–H and O–H groups in total. The Morgan fingerprint density at radius 1 is 1.12 bits per heavy atom. The maximum absolute atomic E-state index is 12.3. The molecule has 1 aliphatic carbocycles. The Balaban J connectivity index is 1.88. The van der Waals surface area contributed by atoms with Gasteiger partial charge >= 0.3 is 5.97 Å². The van der Waals surface area contributed by atoms with Crippen LogP contribution in [0, 0.1) is 6.92 Å². The molecular formula is C22H23NO2. The zero-order valence-corrected chi connectivity index (χ0v) is 14.8. The van der Waals surface area contributed by atoms with E-state index in [4.69, 9.17) is 4.74 Å². The van der Waals surface area contributed by atoms with E-state index in [9.17, 15) is 4.79 Å². The van der Waals surface area contributed by atoms with Crippen LogP contribution in [0.4, 0.5) is 0 Å². The molecule has 0 saturated heterocycles. The van der Waals surface area contributed by atoms with E-state index in [0.29, 0.717) is 12.2 Å². The van der Waals surface area contributed by atoms with Gasteiger partial charge in [0.1, 0.15) is 0 Å². The molecule has 0 radical (unpaired) electrons. The number of ether oxygens (including phenoxy) is 1. The number of hydrogen-bond donors (Lipinski definition) is 0. The highest BCUT2D eigenvalue weighted by molar-refractivity contribution is 6.00. The van der Waals surface area contributed by atoms with Gasteiger partial charge in [-0.05, 0) is 61.9 Å². The van der Waals surface area contributed by atoms with Gasteiger partial charge in [-0.2, -0.15) is 0 Å². The quantitative estimate of drug-likeness (QED) is 0.650. The Kier molecular flexibility index (Phi) is 4.08. The summed E-state index contributed by atoms with van der Waals surface area (Å²) in [5.41, 5.74) is 7.15. The monoisotopic (exact) mass is 333 g/mol. The molecule has 0 spiro atoms. The first-order valence-corrected chi connectivity index (χ1v) is 9.05. The molecule has 1 heterocycles. The number of aromatic nitrogens is 1. The Bertz CT molecular complexity index is 938. The number of hydrogen-bond acceptors (Lipinski definition) is 2. The van der Waals surface area contributed by atoms with Crippen molar-refractivity contribution in [2.75, 3.05) is 6.61 Å². The van der Waals surface area contributed by atoms with E-state index in [1.54, 1.807) is 0 Å². The van der Waals surface area contributed by atoms with Crippen molar-refractivity contribution in [2.24, 2.45) is 0 Å². The minimum atomic E-state index is -0.218. The fourth-order valence-corrected chi connectivity index (χ4v) is 4.12. The maximum atomic E-state index is 12.3. The molecule has 3 aromatic rings. The van der Waals surface area contributed by atoms with Gasteiger partial charge in [-0.25, -0.2) is 4.79 Å². The van der Waals surface area contributed by atoms with Crippen LogP contribution in [0.25, 0.3) is 10.9 Å². The van der Waals surface area contributed by atoms with Crippen LogP contribution in [0.15, 0.2) is 42.5 Å². The predicted octanol–water partition coefficient (Wildman–Crippen LogP) is 4.66. The molecule has 0 amide bonds. The fourth-order valence-electron chi connectivity index (χ4n) is 4.12. The van der Waals surface area contributed by atoms with Crippen LogP contribution >= 0.6 is 0 Å². The first-order chi connectivity index (χ1) is 12.2. The number of carbonyl (C=O) groups is 1. The molecule has 0 aliphatic heterocycles. The minimum Gasteiger partial charge on any atom is -0.462 e. The zero-order chi connectivity index (χ0) is 17.4. The lowest BCUT2D eigenvalue weighted by atomic mass is 10.0. The Morgan fingerprint density at radius 3 is 2.68 bits per heavy atom. The second kappa shape index (κ2) is 6.40. The third-order valence-electron chi connectivity index (χ3n) is 5.23. The normalized spacial score (nSPS) is 13.2. The first-order valence-electron chi connectivity index (χ1n) is 9.05. The van der Waals surface area contributed by atoms with E-state index in [1.165, 1.54) is 34.1 Å². The molecule has 2 aromatic carbocycles. The van der Waals surface area contributed by atoms with Crippen molar-refractivity contribution in [3.63, 3.8) is 0 Å². The van der Waals surface area contributed by atoms with Gasteiger partial charge in [0, 0.05) is 23.1 Å². The summed E-state index contributed by atoms with van der Waals surface area (Å²) in [6, 6.07) is 14.6. The number of carbonyl (C=O) groups excluding carboxylic acids is 1. The average Bonchev–Trinajstić information content (AvgIpc) is 3.19. The second-order valence-electron chi connectivity index (χ2n) is 6.70. The summed E-state index contributed by atoms with van der Waals surface area (Å²) in [6.45, 7) is 5.19. The molecule has 1 aliphatic rings. The summed E-state index contributed by atoms with van der Waals surface area (Å²) in [4.78, 5) is 12.3. The first kappa shape index (κ1) is 15.9. The number of esters is 1. The Labute approximate surface area is 148 Å². The summed E-state index contributed by atoms with van der Waals surface area (Å²) >= 11 is 0. The molecule has 0 atom stereocenters. The van der Waals surface area contributed by atoms with Gasteiger partial charge in [0.15, 0.2) is 0 Å². The Hall–Kier alpha value is -2.55. The maximum Gasteiger partial charge on any atom is 0.338 e. The molecule has 0 fully saturated rings. The lowest BCUT2D eigenvalue weighted by Crippen LogP contribution is -2.07. The molecule has 4 rings (SSSR count). The van der Waals surface area contributed by atoms with Gasteiger partial charge in [-0.3, -0.25) is 0 Å². The number of benzene rings is 2. The number of rotatable bonds is 4. The van der Waals surface area contributed by atoms with Crippen LogP contribution in [-0.4, -0.2) is 17.1 Å². The standard InChI is InChI=1S/C22H23NO2/c1-3-25-22(24)17-12-13-20-21(15(17)2)18-10-7-11-19(18)23(20)14-16-8-5-4-6-9-16/h4-6,8-9,12-13H,3,7,10-11,14H2,1-2H3. The van der Waals surface area contributed by atoms with E-state index in [1.807, 2.05) is 13.0 Å². The van der Waals surface area contributed by atoms with Gasteiger partial charge in [0.2, 0.25) is 0 Å². The summed E-state index contributed by atoms with van der Waals surface area (Å²) in [7, 11) is 0. The molecule has 3 heteroatoms. The van der Waals surface area contributed by atoms with Gasteiger partial charge in [-0.1, -0.05) is 30.3 Å². The topological polar surface area (TPSA) is 31.2 Å². The highest BCUT2D eigenvalue weighted by atomic mass is 16.5. The van der Waals surface area contributed by atoms with Crippen molar-refractivity contribution in [3.8, 4) is 0 Å². The van der Waals surface area contributed by atoms with Crippen LogP contribution in [0.3, 0.4) is 0 Å². The highest BCUT2D eigenvalue weighted by Gasteiger charge is 2.25. The van der Waals surface area contributed by atoms with Gasteiger partial charge in [0.05, 0.1) is 12.2 Å². The molecule has 0 saturated carbocycles. The van der Waals surface area contributed by atoms with Crippen molar-refractivity contribution < 1.29 is 9.53 Å². The molecule has 0 bridgehead atoms. The number of nitrogens with zero attached hydrogens (tertiary/aromatic N) is 1. The molecule has 25 heavy (non-hydrogen) atoms. The van der Waals surface area contributed by atoms with Crippen molar-refractivity contribution in [3.05, 3.63) is 70.4 Å². The van der Waals surface area contributed by atoms with Crippen LogP contribution in [0.5, 0.6) is 0 Å². The second-order valence-corrected chi connectivity index (χ2v) is 6.70. The smallest absolute Gasteiger partial charge is 0.338 e. The highest BCUT2D eigenvalue weighted by Crippen LogP contribution is 2.36. The average molecular weight is 333 g/mol. The zero-order valence-electron chi connectivity index (χ0n) is 14.8. The van der Waals surface area contributed by atoms with E-state index in [0.717, 1.165) is 24.9 Å². The van der Waals surface area contributed by atoms with E-state index in [2.05, 4.69) is 47.9 Å². The van der Waals surface area contributed by atoms with Crippen LogP contribution < -0.4 is 0 Å². The molecule has 1 aromatic heterocycles. The van der Waals surface area contributed by atoms with Gasteiger partial charge < -0.3 is 9.30 Å². The minimum absolute atomic E-state index is 0.218. The third-order valence-corrected chi connectivity index (χ3v) is 5.23. The molecule has 0 unspecified atom stereocenters. The summed E-state index contributed by atoms with van der Waals surface area (Å²) in [5, 5.41) is 1.26. The largest absolute Gasteiger partial charge is 0.462 e. The van der Waals surface area contributed by atoms with Crippen LogP contribution in [-0.2, 0) is 24.1 Å². The van der Waals surface area contributed by atoms with Gasteiger partial charge in [0.25, 0.3) is 0 Å². The van der Waals surface area contributed by atoms with E-state index >= 15 is 0 Å². The SMILES string of the molecule is CCOC(=O)c1ccc2c(c1C)c1c(n2Cc2ccccc2)CCC1. The van der Waals surface area contributed by atoms with Crippen molar-refractivity contribution in [2.45, 2.75) is 39.7 Å². The van der Waals surface area contributed by atoms with E-state index in [-0.39, 0.29) is 5.97 Å². The van der Waals surface area contributed by atoms with Crippen LogP contribution in [0.2, 0.25) is 0 Å². The summed E-state index contributed by atoms with van der Waals surface area (Å²) in [5.74, 6) is -0.218. The third kappa shape index (κ3) is 2.64. The predicted molar refractivity (Wildman–Crippen MR) is 100 cm³/mol. The molecular weight excluding hydrogens is 310 g/mol. The number of fused-ring (bicyclic) bond motifs is 3. The lowest BCUT2D eigenvalue weighted by Gasteiger charge is -2.11. The summed E-state index contributed by atoms with van der Waals surface area (Å²) < 4.78 is 7.67. The van der Waals surface area contributed by atoms with Crippen molar-refractivity contribution >= 4 is 16.9 Å².